The molecule has 1 N–H and O–H groups in total. The van der Waals surface area contributed by atoms with Crippen molar-refractivity contribution >= 4 is 11.7 Å². The van der Waals surface area contributed by atoms with Gasteiger partial charge in [0.1, 0.15) is 6.04 Å². The van der Waals surface area contributed by atoms with Crippen LogP contribution in [-0.4, -0.2) is 19.1 Å². The highest BCUT2D eigenvalue weighted by atomic mass is 16.5. The maximum atomic E-state index is 11.6. The van der Waals surface area contributed by atoms with E-state index in [-0.39, 0.29) is 12.0 Å². The SMILES string of the molecule is CCCCC(Nc1cccc(C#N)c1)C(=O)OC. The summed E-state index contributed by atoms with van der Waals surface area (Å²) in [4.78, 5) is 11.6. The van der Waals surface area contributed by atoms with E-state index >= 15 is 0 Å². The molecule has 0 amide bonds. The summed E-state index contributed by atoms with van der Waals surface area (Å²) in [6.45, 7) is 2.07. The number of anilines is 1. The first-order valence-corrected chi connectivity index (χ1v) is 6.05. The van der Waals surface area contributed by atoms with Crippen LogP contribution in [0.2, 0.25) is 0 Å². The molecule has 1 atom stereocenters. The number of hydrogen-bond donors (Lipinski definition) is 1. The van der Waals surface area contributed by atoms with E-state index in [2.05, 4.69) is 18.3 Å². The van der Waals surface area contributed by atoms with Crippen LogP contribution >= 0.6 is 0 Å². The van der Waals surface area contributed by atoms with Gasteiger partial charge in [-0.1, -0.05) is 25.8 Å². The Morgan fingerprint density at radius 2 is 2.33 bits per heavy atom. The fourth-order valence-corrected chi connectivity index (χ4v) is 1.68. The van der Waals surface area contributed by atoms with Crippen molar-refractivity contribution in [2.75, 3.05) is 12.4 Å². The summed E-state index contributed by atoms with van der Waals surface area (Å²) in [5.74, 6) is -0.272. The summed E-state index contributed by atoms with van der Waals surface area (Å²) in [6, 6.07) is 8.79. The molecule has 0 aliphatic rings. The molecule has 0 aliphatic carbocycles. The zero-order valence-corrected chi connectivity index (χ0v) is 10.8. The van der Waals surface area contributed by atoms with Gasteiger partial charge in [-0.2, -0.15) is 5.26 Å². The van der Waals surface area contributed by atoms with Crippen LogP contribution in [0.1, 0.15) is 31.7 Å². The van der Waals surface area contributed by atoms with Gasteiger partial charge in [0.05, 0.1) is 18.7 Å². The van der Waals surface area contributed by atoms with Crippen molar-refractivity contribution < 1.29 is 9.53 Å². The predicted molar refractivity (Wildman–Crippen MR) is 70.1 cm³/mol. The number of methoxy groups -OCH3 is 1. The van der Waals surface area contributed by atoms with Crippen molar-refractivity contribution in [2.45, 2.75) is 32.2 Å². The van der Waals surface area contributed by atoms with Crippen molar-refractivity contribution in [1.82, 2.24) is 0 Å². The molecule has 0 bridgehead atoms. The summed E-state index contributed by atoms with van der Waals surface area (Å²) >= 11 is 0. The van der Waals surface area contributed by atoms with Crippen LogP contribution in [0.25, 0.3) is 0 Å². The number of nitrogens with zero attached hydrogens (tertiary/aromatic N) is 1. The second-order valence-electron chi connectivity index (χ2n) is 4.05. The number of benzene rings is 1. The van der Waals surface area contributed by atoms with E-state index < -0.39 is 0 Å². The topological polar surface area (TPSA) is 62.1 Å². The van der Waals surface area contributed by atoms with Gasteiger partial charge >= 0.3 is 5.97 Å². The van der Waals surface area contributed by atoms with E-state index in [1.807, 2.05) is 6.07 Å². The molecule has 1 aromatic carbocycles. The lowest BCUT2D eigenvalue weighted by Gasteiger charge is -2.17. The summed E-state index contributed by atoms with van der Waals surface area (Å²) in [5.41, 5.74) is 1.33. The van der Waals surface area contributed by atoms with Crippen molar-refractivity contribution in [3.8, 4) is 6.07 Å². The number of carbonyl (C=O) groups excluding carboxylic acids is 1. The Kier molecular flexibility index (Phi) is 5.72. The van der Waals surface area contributed by atoms with Gasteiger partial charge < -0.3 is 10.1 Å². The lowest BCUT2D eigenvalue weighted by molar-refractivity contribution is -0.141. The first-order chi connectivity index (χ1) is 8.71. The number of ether oxygens (including phenoxy) is 1. The minimum absolute atomic E-state index is 0.272. The molecule has 1 aromatic rings. The Morgan fingerprint density at radius 3 is 2.94 bits per heavy atom. The smallest absolute Gasteiger partial charge is 0.328 e. The Labute approximate surface area is 108 Å². The third-order valence-corrected chi connectivity index (χ3v) is 2.66. The highest BCUT2D eigenvalue weighted by Crippen LogP contribution is 2.14. The molecule has 4 nitrogen and oxygen atoms in total. The van der Waals surface area contributed by atoms with Crippen LogP contribution in [0.3, 0.4) is 0 Å². The average molecular weight is 246 g/mol. The van der Waals surface area contributed by atoms with Crippen LogP contribution < -0.4 is 5.32 Å². The third-order valence-electron chi connectivity index (χ3n) is 2.66. The Morgan fingerprint density at radius 1 is 1.56 bits per heavy atom. The van der Waals surface area contributed by atoms with Gasteiger partial charge in [0.2, 0.25) is 0 Å². The van der Waals surface area contributed by atoms with Crippen molar-refractivity contribution in [3.05, 3.63) is 29.8 Å². The summed E-state index contributed by atoms with van der Waals surface area (Å²) in [7, 11) is 1.38. The standard InChI is InChI=1S/C14H18N2O2/c1-3-4-8-13(14(17)18-2)16-12-7-5-6-11(9-12)10-15/h5-7,9,13,16H,3-4,8H2,1-2H3. The second-order valence-corrected chi connectivity index (χ2v) is 4.05. The molecule has 18 heavy (non-hydrogen) atoms. The first kappa shape index (κ1) is 14.0. The molecule has 0 spiro atoms. The molecule has 0 saturated carbocycles. The molecule has 0 fully saturated rings. The molecule has 4 heteroatoms. The molecular weight excluding hydrogens is 228 g/mol. The predicted octanol–water partition coefficient (Wildman–Crippen LogP) is 2.70. The minimum atomic E-state index is -0.358. The van der Waals surface area contributed by atoms with Crippen LogP contribution in [-0.2, 0) is 9.53 Å². The Hall–Kier alpha value is -2.02. The van der Waals surface area contributed by atoms with E-state index in [1.54, 1.807) is 18.2 Å². The number of rotatable bonds is 6. The Bertz CT molecular complexity index is 438. The molecule has 1 rings (SSSR count). The molecule has 0 aromatic heterocycles. The van der Waals surface area contributed by atoms with E-state index in [0.29, 0.717) is 5.56 Å². The number of unbranched alkanes of at least 4 members (excludes halogenated alkanes) is 1. The first-order valence-electron chi connectivity index (χ1n) is 6.05. The normalized spacial score (nSPS) is 11.4. The highest BCUT2D eigenvalue weighted by molar-refractivity contribution is 5.79. The molecule has 0 radical (unpaired) electrons. The monoisotopic (exact) mass is 246 g/mol. The quantitative estimate of drug-likeness (QED) is 0.784. The van der Waals surface area contributed by atoms with Gasteiger partial charge in [0, 0.05) is 5.69 Å². The van der Waals surface area contributed by atoms with E-state index in [9.17, 15) is 4.79 Å². The van der Waals surface area contributed by atoms with E-state index in [4.69, 9.17) is 10.00 Å². The van der Waals surface area contributed by atoms with Gasteiger partial charge in [-0.15, -0.1) is 0 Å². The van der Waals surface area contributed by atoms with Crippen molar-refractivity contribution in [3.63, 3.8) is 0 Å². The number of hydrogen-bond acceptors (Lipinski definition) is 4. The summed E-state index contributed by atoms with van der Waals surface area (Å²) in [6.07, 6.45) is 2.69. The number of nitrogens with one attached hydrogen (secondary N) is 1. The van der Waals surface area contributed by atoms with Gasteiger partial charge in [-0.05, 0) is 24.6 Å². The van der Waals surface area contributed by atoms with Gasteiger partial charge in [-0.3, -0.25) is 0 Å². The third kappa shape index (κ3) is 4.10. The van der Waals surface area contributed by atoms with Gasteiger partial charge in [-0.25, -0.2) is 4.79 Å². The molecule has 96 valence electrons. The largest absolute Gasteiger partial charge is 0.467 e. The number of carbonyl (C=O) groups is 1. The van der Waals surface area contributed by atoms with Crippen molar-refractivity contribution in [1.29, 1.82) is 5.26 Å². The second kappa shape index (κ2) is 7.33. The van der Waals surface area contributed by atoms with Crippen molar-refractivity contribution in [2.24, 2.45) is 0 Å². The number of nitriles is 1. The lowest BCUT2D eigenvalue weighted by atomic mass is 10.1. The zero-order valence-electron chi connectivity index (χ0n) is 10.8. The molecule has 1 unspecified atom stereocenters. The van der Waals surface area contributed by atoms with E-state index in [0.717, 1.165) is 24.9 Å². The van der Waals surface area contributed by atoms with Crippen LogP contribution in [0.4, 0.5) is 5.69 Å². The zero-order chi connectivity index (χ0) is 13.4. The molecular formula is C14H18N2O2. The average Bonchev–Trinajstić information content (AvgIpc) is 2.42. The van der Waals surface area contributed by atoms with Gasteiger partial charge in [0.25, 0.3) is 0 Å². The molecule has 0 aliphatic heterocycles. The lowest BCUT2D eigenvalue weighted by Crippen LogP contribution is -2.30. The Balaban J connectivity index is 2.75. The summed E-state index contributed by atoms with van der Waals surface area (Å²) < 4.78 is 4.77. The highest BCUT2D eigenvalue weighted by Gasteiger charge is 2.18. The summed E-state index contributed by atoms with van der Waals surface area (Å²) in [5, 5.41) is 11.9. The molecule has 0 saturated heterocycles. The molecule has 0 heterocycles. The van der Waals surface area contributed by atoms with E-state index in [1.165, 1.54) is 7.11 Å². The van der Waals surface area contributed by atoms with Crippen LogP contribution in [0.15, 0.2) is 24.3 Å². The fraction of sp³-hybridized carbons (Fsp3) is 0.429. The van der Waals surface area contributed by atoms with Crippen LogP contribution in [0.5, 0.6) is 0 Å². The van der Waals surface area contributed by atoms with Crippen LogP contribution in [0, 0.1) is 11.3 Å². The van der Waals surface area contributed by atoms with Gasteiger partial charge in [0.15, 0.2) is 0 Å². The maximum absolute atomic E-state index is 11.6. The fourth-order valence-electron chi connectivity index (χ4n) is 1.68. The number of esters is 1. The minimum Gasteiger partial charge on any atom is -0.467 e. The maximum Gasteiger partial charge on any atom is 0.328 e.